The van der Waals surface area contributed by atoms with Gasteiger partial charge in [0.15, 0.2) is 11.5 Å². The average molecular weight is 529 g/mol. The van der Waals surface area contributed by atoms with Crippen LogP contribution in [0.25, 0.3) is 6.08 Å². The molecule has 0 bridgehead atoms. The first-order valence-corrected chi connectivity index (χ1v) is 12.6. The van der Waals surface area contributed by atoms with Crippen molar-refractivity contribution < 1.29 is 28.6 Å². The third-order valence-electron chi connectivity index (χ3n) is 6.22. The molecule has 0 aliphatic carbocycles. The molecule has 3 aromatic carbocycles. The molecule has 0 spiro atoms. The van der Waals surface area contributed by atoms with E-state index in [0.717, 1.165) is 16.2 Å². The van der Waals surface area contributed by atoms with Crippen molar-refractivity contribution in [3.8, 4) is 17.2 Å². The van der Waals surface area contributed by atoms with Gasteiger partial charge in [-0.15, -0.1) is 0 Å². The Balaban J connectivity index is 1.43. The Labute approximate surface area is 228 Å². The minimum Gasteiger partial charge on any atom is -0.493 e. The molecule has 1 heterocycles. The number of imide groups is 2. The molecular weight excluding hydrogens is 496 g/mol. The van der Waals surface area contributed by atoms with Gasteiger partial charge in [-0.05, 0) is 65.9 Å². The van der Waals surface area contributed by atoms with Crippen LogP contribution in [-0.4, -0.2) is 38.2 Å². The molecule has 0 atom stereocenters. The topological polar surface area (TPSA) is 94.2 Å². The maximum atomic E-state index is 13.1. The van der Waals surface area contributed by atoms with E-state index in [0.29, 0.717) is 29.4 Å². The molecule has 39 heavy (non-hydrogen) atoms. The molecule has 1 aliphatic rings. The van der Waals surface area contributed by atoms with Gasteiger partial charge in [0.25, 0.3) is 11.8 Å². The van der Waals surface area contributed by atoms with Gasteiger partial charge in [-0.3, -0.25) is 14.9 Å². The van der Waals surface area contributed by atoms with E-state index < -0.39 is 17.8 Å². The lowest BCUT2D eigenvalue weighted by Crippen LogP contribution is -2.54. The normalized spacial score (nSPS) is 14.8. The molecule has 1 N–H and O–H groups in total. The summed E-state index contributed by atoms with van der Waals surface area (Å²) >= 11 is 0. The van der Waals surface area contributed by atoms with Gasteiger partial charge in [-0.2, -0.15) is 0 Å². The molecule has 0 aromatic heterocycles. The number of hydrogen-bond acceptors (Lipinski definition) is 6. The van der Waals surface area contributed by atoms with Crippen molar-refractivity contribution in [3.05, 3.63) is 89.0 Å². The average Bonchev–Trinajstić information content (AvgIpc) is 2.90. The number of aryl methyl sites for hydroxylation is 1. The number of hydrogen-bond donors (Lipinski definition) is 1. The van der Waals surface area contributed by atoms with Gasteiger partial charge in [0.05, 0.1) is 12.8 Å². The van der Waals surface area contributed by atoms with Gasteiger partial charge >= 0.3 is 6.03 Å². The molecule has 8 nitrogen and oxygen atoms in total. The standard InChI is InChI=1S/C31H32N2O6/c1-20-6-11-23(12-7-20)33-29(35)25(28(34)32-30(33)36)18-21-8-15-26(27(19-21)37-5)39-17-16-38-24-13-9-22(10-14-24)31(2,3)4/h6-15,18-19H,16-17H2,1-5H3,(H,32,34,36)/b25-18-. The lowest BCUT2D eigenvalue weighted by Gasteiger charge is -2.26. The number of urea groups is 1. The lowest BCUT2D eigenvalue weighted by molar-refractivity contribution is -0.122. The second-order valence-electron chi connectivity index (χ2n) is 10.2. The van der Waals surface area contributed by atoms with E-state index in [2.05, 4.69) is 38.2 Å². The molecule has 1 saturated heterocycles. The van der Waals surface area contributed by atoms with E-state index in [1.165, 1.54) is 18.7 Å². The zero-order chi connectivity index (χ0) is 28.2. The third-order valence-corrected chi connectivity index (χ3v) is 6.22. The van der Waals surface area contributed by atoms with E-state index in [1.54, 1.807) is 42.5 Å². The zero-order valence-electron chi connectivity index (χ0n) is 22.7. The fourth-order valence-corrected chi connectivity index (χ4v) is 4.01. The van der Waals surface area contributed by atoms with Crippen LogP contribution in [0.2, 0.25) is 0 Å². The SMILES string of the molecule is COc1cc(/C=C2/C(=O)NC(=O)N(c3ccc(C)cc3)C2=O)ccc1OCCOc1ccc(C(C)(C)C)cc1. The van der Waals surface area contributed by atoms with Gasteiger partial charge in [-0.1, -0.05) is 56.7 Å². The van der Waals surface area contributed by atoms with Crippen molar-refractivity contribution >= 4 is 29.6 Å². The van der Waals surface area contributed by atoms with E-state index in [-0.39, 0.29) is 17.6 Å². The molecule has 0 unspecified atom stereocenters. The summed E-state index contributed by atoms with van der Waals surface area (Å²) in [7, 11) is 1.50. The molecule has 3 aromatic rings. The van der Waals surface area contributed by atoms with Crippen molar-refractivity contribution in [2.75, 3.05) is 25.2 Å². The molecule has 1 fully saturated rings. The number of nitrogens with zero attached hydrogens (tertiary/aromatic N) is 1. The quantitative estimate of drug-likeness (QED) is 0.238. The van der Waals surface area contributed by atoms with Crippen molar-refractivity contribution in [1.82, 2.24) is 5.32 Å². The number of carbonyl (C=O) groups is 3. The predicted molar refractivity (Wildman–Crippen MR) is 149 cm³/mol. The second kappa shape index (κ2) is 11.4. The van der Waals surface area contributed by atoms with E-state index >= 15 is 0 Å². The number of rotatable bonds is 8. The summed E-state index contributed by atoms with van der Waals surface area (Å²) in [6, 6.07) is 19.1. The van der Waals surface area contributed by atoms with Crippen molar-refractivity contribution in [2.45, 2.75) is 33.1 Å². The third kappa shape index (κ3) is 6.46. The number of anilines is 1. The molecule has 202 valence electrons. The summed E-state index contributed by atoms with van der Waals surface area (Å²) in [4.78, 5) is 39.0. The largest absolute Gasteiger partial charge is 0.493 e. The molecule has 0 radical (unpaired) electrons. The van der Waals surface area contributed by atoms with Crippen LogP contribution in [0, 0.1) is 6.92 Å². The number of carbonyl (C=O) groups excluding carboxylic acids is 3. The summed E-state index contributed by atoms with van der Waals surface area (Å²) in [6.45, 7) is 9.00. The zero-order valence-corrected chi connectivity index (χ0v) is 22.7. The lowest BCUT2D eigenvalue weighted by atomic mass is 9.87. The van der Waals surface area contributed by atoms with Crippen LogP contribution in [0.5, 0.6) is 17.2 Å². The van der Waals surface area contributed by atoms with Crippen LogP contribution < -0.4 is 24.4 Å². The van der Waals surface area contributed by atoms with Gasteiger partial charge in [0.2, 0.25) is 0 Å². The maximum Gasteiger partial charge on any atom is 0.335 e. The molecule has 8 heteroatoms. The maximum absolute atomic E-state index is 13.1. The molecule has 1 aliphatic heterocycles. The second-order valence-corrected chi connectivity index (χ2v) is 10.2. The van der Waals surface area contributed by atoms with E-state index in [1.807, 2.05) is 19.1 Å². The Morgan fingerprint density at radius 1 is 0.846 bits per heavy atom. The molecule has 0 saturated carbocycles. The van der Waals surface area contributed by atoms with Crippen LogP contribution >= 0.6 is 0 Å². The minimum absolute atomic E-state index is 0.0757. The predicted octanol–water partition coefficient (Wildman–Crippen LogP) is 5.43. The van der Waals surface area contributed by atoms with E-state index in [4.69, 9.17) is 14.2 Å². The highest BCUT2D eigenvalue weighted by Gasteiger charge is 2.36. The van der Waals surface area contributed by atoms with E-state index in [9.17, 15) is 14.4 Å². The van der Waals surface area contributed by atoms with Crippen LogP contribution in [0.1, 0.15) is 37.5 Å². The Morgan fingerprint density at radius 2 is 1.51 bits per heavy atom. The molecule has 4 amide bonds. The highest BCUT2D eigenvalue weighted by atomic mass is 16.5. The Morgan fingerprint density at radius 3 is 2.15 bits per heavy atom. The fourth-order valence-electron chi connectivity index (χ4n) is 4.01. The smallest absolute Gasteiger partial charge is 0.335 e. The number of benzene rings is 3. The highest BCUT2D eigenvalue weighted by Crippen LogP contribution is 2.30. The van der Waals surface area contributed by atoms with Gasteiger partial charge in [0, 0.05) is 0 Å². The van der Waals surface area contributed by atoms with Crippen molar-refractivity contribution in [3.63, 3.8) is 0 Å². The Hall–Kier alpha value is -4.59. The monoisotopic (exact) mass is 528 g/mol. The summed E-state index contributed by atoms with van der Waals surface area (Å²) in [6.07, 6.45) is 1.42. The first-order chi connectivity index (χ1) is 18.6. The van der Waals surface area contributed by atoms with Crippen molar-refractivity contribution in [2.24, 2.45) is 0 Å². The number of barbiturate groups is 1. The first kappa shape index (κ1) is 27.4. The Bertz CT molecular complexity index is 1400. The number of methoxy groups -OCH3 is 1. The van der Waals surface area contributed by atoms with Gasteiger partial charge < -0.3 is 14.2 Å². The summed E-state index contributed by atoms with van der Waals surface area (Å²) < 4.78 is 17.1. The summed E-state index contributed by atoms with van der Waals surface area (Å²) in [5, 5.41) is 2.23. The first-order valence-electron chi connectivity index (χ1n) is 12.6. The highest BCUT2D eigenvalue weighted by molar-refractivity contribution is 6.39. The van der Waals surface area contributed by atoms with Crippen LogP contribution in [0.15, 0.2) is 72.3 Å². The molecular formula is C31H32N2O6. The Kier molecular flexibility index (Phi) is 8.04. The van der Waals surface area contributed by atoms with Gasteiger partial charge in [-0.25, -0.2) is 9.69 Å². The van der Waals surface area contributed by atoms with Crippen LogP contribution in [0.4, 0.5) is 10.5 Å². The minimum atomic E-state index is -0.792. The number of ether oxygens (including phenoxy) is 3. The number of nitrogens with one attached hydrogen (secondary N) is 1. The van der Waals surface area contributed by atoms with Crippen molar-refractivity contribution in [1.29, 1.82) is 0 Å². The van der Waals surface area contributed by atoms with Gasteiger partial charge in [0.1, 0.15) is 24.5 Å². The van der Waals surface area contributed by atoms with Crippen LogP contribution in [0.3, 0.4) is 0 Å². The van der Waals surface area contributed by atoms with Crippen LogP contribution in [-0.2, 0) is 15.0 Å². The molecule has 4 rings (SSSR count). The summed E-state index contributed by atoms with van der Waals surface area (Å²) in [5.41, 5.74) is 3.02. The number of amides is 4. The summed E-state index contributed by atoms with van der Waals surface area (Å²) in [5.74, 6) is 0.199. The fraction of sp³-hybridized carbons (Fsp3) is 0.258.